The molecule has 1 aromatic carbocycles. The van der Waals surface area contributed by atoms with Gasteiger partial charge in [-0.05, 0) is 55.6 Å². The lowest BCUT2D eigenvalue weighted by Gasteiger charge is -2.30. The molecule has 1 aliphatic rings. The summed E-state index contributed by atoms with van der Waals surface area (Å²) in [4.78, 5) is 18.3. The number of carbonyl (C=O) groups excluding carboxylic acids is 1. The van der Waals surface area contributed by atoms with Crippen LogP contribution in [-0.2, 0) is 6.54 Å². The Morgan fingerprint density at radius 2 is 2.00 bits per heavy atom. The zero-order valence-electron chi connectivity index (χ0n) is 13.9. The first-order valence-electron chi connectivity index (χ1n) is 8.42. The molecular weight excluding hydrogens is 336 g/mol. The molecule has 1 fully saturated rings. The quantitative estimate of drug-likeness (QED) is 0.660. The smallest absolute Gasteiger partial charge is 0.289 e. The molecule has 1 aliphatic heterocycles. The van der Waals surface area contributed by atoms with E-state index < -0.39 is 0 Å². The molecule has 1 N–H and O–H groups in total. The Kier molecular flexibility index (Phi) is 6.14. The van der Waals surface area contributed by atoms with Gasteiger partial charge in [0, 0.05) is 24.0 Å². The predicted molar refractivity (Wildman–Crippen MR) is 99.6 cm³/mol. The highest BCUT2D eigenvalue weighted by atomic mass is 35.5. The van der Waals surface area contributed by atoms with Gasteiger partial charge in [-0.3, -0.25) is 14.7 Å². The lowest BCUT2D eigenvalue weighted by Crippen LogP contribution is -2.34. The molecule has 1 aromatic heterocycles. The summed E-state index contributed by atoms with van der Waals surface area (Å²) < 4.78 is 0. The van der Waals surface area contributed by atoms with Gasteiger partial charge in [-0.1, -0.05) is 35.9 Å². The molecule has 0 saturated carbocycles. The minimum absolute atomic E-state index is 0.284. The number of halogens is 1. The van der Waals surface area contributed by atoms with E-state index in [1.54, 1.807) is 24.4 Å². The molecule has 25 heavy (non-hydrogen) atoms. The summed E-state index contributed by atoms with van der Waals surface area (Å²) in [5.74, 6) is 0.0968. The summed E-state index contributed by atoms with van der Waals surface area (Å²) in [5, 5.41) is 4.91. The molecule has 130 valence electrons. The summed E-state index contributed by atoms with van der Waals surface area (Å²) >= 11 is 6.23. The molecule has 0 bridgehead atoms. The van der Waals surface area contributed by atoms with Crippen LogP contribution in [0.2, 0.25) is 5.02 Å². The van der Waals surface area contributed by atoms with Crippen molar-refractivity contribution in [3.05, 3.63) is 64.9 Å². The second-order valence-electron chi connectivity index (χ2n) is 6.14. The molecule has 3 rings (SSSR count). The van der Waals surface area contributed by atoms with Crippen LogP contribution < -0.4 is 5.43 Å². The monoisotopic (exact) mass is 356 g/mol. The van der Waals surface area contributed by atoms with Gasteiger partial charge >= 0.3 is 0 Å². The Morgan fingerprint density at radius 1 is 1.24 bits per heavy atom. The van der Waals surface area contributed by atoms with Gasteiger partial charge in [0.05, 0.1) is 0 Å². The molecule has 0 spiro atoms. The standard InChI is InChI=1S/C19H21ClN4O/c20-17-6-2-1-5-16(17)14-24-11-8-15(9-12-24)13-22-23-19(25)18-7-3-4-10-21-18/h1-7,10,13,15H,8-9,11-12,14H2,(H,23,25)/b22-13+. The minimum Gasteiger partial charge on any atom is -0.299 e. The van der Waals surface area contributed by atoms with E-state index in [9.17, 15) is 4.79 Å². The average molecular weight is 357 g/mol. The van der Waals surface area contributed by atoms with Crippen LogP contribution in [0.25, 0.3) is 0 Å². The lowest BCUT2D eigenvalue weighted by atomic mass is 9.98. The number of hydrogen-bond donors (Lipinski definition) is 1. The first-order chi connectivity index (χ1) is 12.2. The first kappa shape index (κ1) is 17.6. The number of rotatable bonds is 5. The van der Waals surface area contributed by atoms with Crippen LogP contribution in [0.15, 0.2) is 53.8 Å². The molecule has 2 aromatic rings. The number of hydrogen-bond acceptors (Lipinski definition) is 4. The summed E-state index contributed by atoms with van der Waals surface area (Å²) in [5.41, 5.74) is 4.08. The van der Waals surface area contributed by atoms with Crippen molar-refractivity contribution in [2.75, 3.05) is 13.1 Å². The van der Waals surface area contributed by atoms with E-state index in [0.29, 0.717) is 11.6 Å². The first-order valence-corrected chi connectivity index (χ1v) is 8.80. The fourth-order valence-corrected chi connectivity index (χ4v) is 3.08. The zero-order valence-corrected chi connectivity index (χ0v) is 14.7. The number of pyridine rings is 1. The van der Waals surface area contributed by atoms with Gasteiger partial charge in [0.25, 0.3) is 5.91 Å². The highest BCUT2D eigenvalue weighted by Gasteiger charge is 2.18. The normalized spacial score (nSPS) is 16.2. The third-order valence-corrected chi connectivity index (χ3v) is 4.70. The highest BCUT2D eigenvalue weighted by Crippen LogP contribution is 2.21. The van der Waals surface area contributed by atoms with Gasteiger partial charge in [0.15, 0.2) is 0 Å². The summed E-state index contributed by atoms with van der Waals surface area (Å²) in [6.07, 6.45) is 5.47. The predicted octanol–water partition coefficient (Wildman–Crippen LogP) is 3.36. The fourth-order valence-electron chi connectivity index (χ4n) is 2.88. The van der Waals surface area contributed by atoms with E-state index in [1.165, 1.54) is 5.56 Å². The van der Waals surface area contributed by atoms with Crippen molar-refractivity contribution in [3.8, 4) is 0 Å². The van der Waals surface area contributed by atoms with Gasteiger partial charge in [0.2, 0.25) is 0 Å². The largest absolute Gasteiger partial charge is 0.299 e. The molecule has 5 nitrogen and oxygen atoms in total. The van der Waals surface area contributed by atoms with Crippen molar-refractivity contribution in [2.24, 2.45) is 11.0 Å². The number of benzene rings is 1. The van der Waals surface area contributed by atoms with E-state index in [4.69, 9.17) is 11.6 Å². The fraction of sp³-hybridized carbons (Fsp3) is 0.316. The molecule has 0 atom stereocenters. The third kappa shape index (κ3) is 5.11. The molecule has 1 saturated heterocycles. The maximum absolute atomic E-state index is 11.9. The van der Waals surface area contributed by atoms with E-state index in [-0.39, 0.29) is 5.91 Å². The number of piperidine rings is 1. The van der Waals surface area contributed by atoms with Gasteiger partial charge in [0.1, 0.15) is 5.69 Å². The topological polar surface area (TPSA) is 57.6 Å². The Bertz CT molecular complexity index is 727. The van der Waals surface area contributed by atoms with Crippen LogP contribution in [0.5, 0.6) is 0 Å². The maximum Gasteiger partial charge on any atom is 0.289 e. The lowest BCUT2D eigenvalue weighted by molar-refractivity contribution is 0.0949. The summed E-state index contributed by atoms with van der Waals surface area (Å²) in [7, 11) is 0. The van der Waals surface area contributed by atoms with E-state index in [2.05, 4.69) is 26.5 Å². The van der Waals surface area contributed by atoms with Crippen LogP contribution in [0.3, 0.4) is 0 Å². The Labute approximate surface area is 152 Å². The van der Waals surface area contributed by atoms with Gasteiger partial charge in [-0.15, -0.1) is 0 Å². The Morgan fingerprint density at radius 3 is 2.72 bits per heavy atom. The number of nitrogens with one attached hydrogen (secondary N) is 1. The summed E-state index contributed by atoms with van der Waals surface area (Å²) in [6, 6.07) is 13.2. The van der Waals surface area contributed by atoms with E-state index in [0.717, 1.165) is 37.5 Å². The number of nitrogens with zero attached hydrogens (tertiary/aromatic N) is 3. The van der Waals surface area contributed by atoms with Crippen molar-refractivity contribution in [3.63, 3.8) is 0 Å². The maximum atomic E-state index is 11.9. The van der Waals surface area contributed by atoms with Gasteiger partial charge in [-0.2, -0.15) is 5.10 Å². The van der Waals surface area contributed by atoms with Crippen LogP contribution in [0.4, 0.5) is 0 Å². The van der Waals surface area contributed by atoms with Crippen molar-refractivity contribution >= 4 is 23.7 Å². The second kappa shape index (κ2) is 8.74. The van der Waals surface area contributed by atoms with Gasteiger partial charge < -0.3 is 0 Å². The van der Waals surface area contributed by atoms with Crippen LogP contribution in [-0.4, -0.2) is 35.1 Å². The molecule has 2 heterocycles. The third-order valence-electron chi connectivity index (χ3n) is 4.33. The van der Waals surface area contributed by atoms with Crippen molar-refractivity contribution in [2.45, 2.75) is 19.4 Å². The molecule has 1 amide bonds. The van der Waals surface area contributed by atoms with Crippen molar-refractivity contribution < 1.29 is 4.79 Å². The van der Waals surface area contributed by atoms with Gasteiger partial charge in [-0.25, -0.2) is 5.43 Å². The molecule has 0 radical (unpaired) electrons. The minimum atomic E-state index is -0.284. The zero-order chi connectivity index (χ0) is 17.5. The van der Waals surface area contributed by atoms with Crippen LogP contribution in [0.1, 0.15) is 28.9 Å². The summed E-state index contributed by atoms with van der Waals surface area (Å²) in [6.45, 7) is 2.87. The molecule has 6 heteroatoms. The van der Waals surface area contributed by atoms with E-state index in [1.807, 2.05) is 24.4 Å². The number of aromatic nitrogens is 1. The van der Waals surface area contributed by atoms with Crippen molar-refractivity contribution in [1.82, 2.24) is 15.3 Å². The number of amides is 1. The number of carbonyl (C=O) groups is 1. The SMILES string of the molecule is O=C(N/N=C/C1CCN(Cc2ccccc2Cl)CC1)c1ccccn1. The second-order valence-corrected chi connectivity index (χ2v) is 6.55. The molecular formula is C19H21ClN4O. The molecule has 0 aliphatic carbocycles. The average Bonchev–Trinajstić information content (AvgIpc) is 2.65. The highest BCUT2D eigenvalue weighted by molar-refractivity contribution is 6.31. The van der Waals surface area contributed by atoms with Crippen LogP contribution >= 0.6 is 11.6 Å². The van der Waals surface area contributed by atoms with Crippen molar-refractivity contribution in [1.29, 1.82) is 0 Å². The molecule has 0 unspecified atom stereocenters. The Balaban J connectivity index is 1.43. The number of likely N-dealkylation sites (tertiary alicyclic amines) is 1. The van der Waals surface area contributed by atoms with E-state index >= 15 is 0 Å². The number of hydrazone groups is 1. The van der Waals surface area contributed by atoms with Crippen LogP contribution in [0, 0.1) is 5.92 Å². The Hall–Kier alpha value is -2.24.